The van der Waals surface area contributed by atoms with Crippen LogP contribution in [0.2, 0.25) is 0 Å². The molecule has 2 rings (SSSR count). The van der Waals surface area contributed by atoms with Crippen molar-refractivity contribution in [3.63, 3.8) is 0 Å². The van der Waals surface area contributed by atoms with Gasteiger partial charge >= 0.3 is 5.97 Å². The Bertz CT molecular complexity index is 518. The van der Waals surface area contributed by atoms with Gasteiger partial charge in [-0.15, -0.1) is 0 Å². The highest BCUT2D eigenvalue weighted by atomic mass is 16.4. The van der Waals surface area contributed by atoms with E-state index in [-0.39, 0.29) is 5.92 Å². The quantitative estimate of drug-likeness (QED) is 0.865. The van der Waals surface area contributed by atoms with Gasteiger partial charge in [-0.1, -0.05) is 44.2 Å². The first-order valence-corrected chi connectivity index (χ1v) is 7.87. The predicted molar refractivity (Wildman–Crippen MR) is 86.0 cm³/mol. The fraction of sp³-hybridized carbons (Fsp3) is 0.500. The summed E-state index contributed by atoms with van der Waals surface area (Å²) in [6.45, 7) is 7.46. The van der Waals surface area contributed by atoms with Gasteiger partial charge in [0.05, 0.1) is 5.92 Å². The van der Waals surface area contributed by atoms with Crippen molar-refractivity contribution in [1.82, 2.24) is 4.90 Å². The second-order valence-electron chi connectivity index (χ2n) is 5.70. The van der Waals surface area contributed by atoms with Gasteiger partial charge in [0.25, 0.3) is 0 Å². The fourth-order valence-corrected chi connectivity index (χ4v) is 2.90. The van der Waals surface area contributed by atoms with Gasteiger partial charge < -0.3 is 5.11 Å². The van der Waals surface area contributed by atoms with Crippen LogP contribution in [0.3, 0.4) is 0 Å². The third-order valence-corrected chi connectivity index (χ3v) is 4.36. The van der Waals surface area contributed by atoms with Crippen LogP contribution in [0.25, 0.3) is 5.57 Å². The maximum absolute atomic E-state index is 11.0. The summed E-state index contributed by atoms with van der Waals surface area (Å²) in [7, 11) is 0. The zero-order valence-corrected chi connectivity index (χ0v) is 13.0. The maximum Gasteiger partial charge on any atom is 0.306 e. The largest absolute Gasteiger partial charge is 0.481 e. The summed E-state index contributed by atoms with van der Waals surface area (Å²) in [6, 6.07) is 8.67. The number of hydrogen-bond donors (Lipinski definition) is 1. The van der Waals surface area contributed by atoms with Crippen molar-refractivity contribution in [3.05, 3.63) is 41.5 Å². The minimum absolute atomic E-state index is 0.201. The van der Waals surface area contributed by atoms with Crippen LogP contribution in [-0.2, 0) is 11.3 Å². The van der Waals surface area contributed by atoms with Crippen LogP contribution in [0.5, 0.6) is 0 Å². The first kappa shape index (κ1) is 15.8. The van der Waals surface area contributed by atoms with Gasteiger partial charge in [-0.05, 0) is 49.1 Å². The maximum atomic E-state index is 11.0. The van der Waals surface area contributed by atoms with E-state index in [2.05, 4.69) is 49.1 Å². The van der Waals surface area contributed by atoms with Crippen molar-refractivity contribution in [1.29, 1.82) is 0 Å². The molecule has 0 amide bonds. The third-order valence-electron chi connectivity index (χ3n) is 4.36. The van der Waals surface area contributed by atoms with Crippen molar-refractivity contribution in [2.24, 2.45) is 5.92 Å². The number of benzene rings is 1. The van der Waals surface area contributed by atoms with Crippen LogP contribution < -0.4 is 0 Å². The standard InChI is InChI=1S/C18H25NO2/c1-3-19(4-2)13-14-6-5-7-17(12-14)15-8-10-16(11-9-15)18(20)21/h5-8,12,16H,3-4,9-11,13H2,1-2H3,(H,20,21). The number of allylic oxidation sites excluding steroid dienone is 2. The first-order chi connectivity index (χ1) is 10.1. The number of carbonyl (C=O) groups is 1. The van der Waals surface area contributed by atoms with E-state index < -0.39 is 5.97 Å². The minimum atomic E-state index is -0.666. The van der Waals surface area contributed by atoms with E-state index in [9.17, 15) is 4.79 Å². The normalized spacial score (nSPS) is 18.6. The zero-order valence-electron chi connectivity index (χ0n) is 13.0. The lowest BCUT2D eigenvalue weighted by Gasteiger charge is -2.21. The predicted octanol–water partition coefficient (Wildman–Crippen LogP) is 3.80. The molecule has 1 aliphatic carbocycles. The molecule has 0 aromatic heterocycles. The van der Waals surface area contributed by atoms with Crippen LogP contribution in [0, 0.1) is 5.92 Å². The number of aliphatic carboxylic acids is 1. The fourth-order valence-electron chi connectivity index (χ4n) is 2.90. The molecule has 0 aliphatic heterocycles. The Balaban J connectivity index is 2.09. The molecular formula is C18H25NO2. The molecule has 1 atom stereocenters. The van der Waals surface area contributed by atoms with Crippen molar-refractivity contribution < 1.29 is 9.90 Å². The molecule has 1 unspecified atom stereocenters. The SMILES string of the molecule is CCN(CC)Cc1cccc(C2=CCC(C(=O)O)CC2)c1. The molecule has 0 fully saturated rings. The summed E-state index contributed by atoms with van der Waals surface area (Å²) in [5, 5.41) is 9.06. The van der Waals surface area contributed by atoms with Gasteiger partial charge in [0.2, 0.25) is 0 Å². The Hall–Kier alpha value is -1.61. The second kappa shape index (κ2) is 7.41. The Morgan fingerprint density at radius 1 is 1.33 bits per heavy atom. The average Bonchev–Trinajstić information content (AvgIpc) is 2.53. The van der Waals surface area contributed by atoms with E-state index in [0.29, 0.717) is 6.42 Å². The zero-order chi connectivity index (χ0) is 15.2. The van der Waals surface area contributed by atoms with E-state index >= 15 is 0 Å². The monoisotopic (exact) mass is 287 g/mol. The van der Waals surface area contributed by atoms with Gasteiger partial charge in [0.15, 0.2) is 0 Å². The molecule has 1 aromatic rings. The van der Waals surface area contributed by atoms with Crippen LogP contribution in [0.1, 0.15) is 44.2 Å². The molecule has 0 saturated heterocycles. The number of nitrogens with zero attached hydrogens (tertiary/aromatic N) is 1. The van der Waals surface area contributed by atoms with Crippen molar-refractivity contribution in [2.75, 3.05) is 13.1 Å². The Morgan fingerprint density at radius 2 is 2.10 bits per heavy atom. The molecule has 1 aromatic carbocycles. The molecule has 0 spiro atoms. The smallest absolute Gasteiger partial charge is 0.306 e. The highest BCUT2D eigenvalue weighted by Crippen LogP contribution is 2.30. The summed E-state index contributed by atoms with van der Waals surface area (Å²) < 4.78 is 0. The van der Waals surface area contributed by atoms with Crippen LogP contribution >= 0.6 is 0 Å². The average molecular weight is 287 g/mol. The lowest BCUT2D eigenvalue weighted by Crippen LogP contribution is -2.22. The molecule has 114 valence electrons. The number of carboxylic acid groups (broad SMARTS) is 1. The van der Waals surface area contributed by atoms with E-state index in [4.69, 9.17) is 5.11 Å². The number of hydrogen-bond acceptors (Lipinski definition) is 2. The topological polar surface area (TPSA) is 40.5 Å². The first-order valence-electron chi connectivity index (χ1n) is 7.87. The third kappa shape index (κ3) is 4.18. The number of rotatable bonds is 6. The summed E-state index contributed by atoms with van der Waals surface area (Å²) in [4.78, 5) is 13.4. The van der Waals surface area contributed by atoms with Crippen LogP contribution in [0.15, 0.2) is 30.3 Å². The van der Waals surface area contributed by atoms with Gasteiger partial charge in [0.1, 0.15) is 0 Å². The summed E-state index contributed by atoms with van der Waals surface area (Å²) >= 11 is 0. The van der Waals surface area contributed by atoms with Crippen molar-refractivity contribution >= 4 is 11.5 Å². The lowest BCUT2D eigenvalue weighted by atomic mass is 9.86. The van der Waals surface area contributed by atoms with Crippen molar-refractivity contribution in [3.8, 4) is 0 Å². The summed E-state index contributed by atoms with van der Waals surface area (Å²) in [6.07, 6.45) is 4.39. The van der Waals surface area contributed by atoms with Gasteiger partial charge in [0, 0.05) is 6.54 Å². The highest BCUT2D eigenvalue weighted by molar-refractivity contribution is 5.74. The summed E-state index contributed by atoms with van der Waals surface area (Å²) in [5.41, 5.74) is 3.88. The molecule has 21 heavy (non-hydrogen) atoms. The van der Waals surface area contributed by atoms with Gasteiger partial charge in [-0.3, -0.25) is 9.69 Å². The van der Waals surface area contributed by atoms with Crippen molar-refractivity contribution in [2.45, 2.75) is 39.7 Å². The van der Waals surface area contributed by atoms with Gasteiger partial charge in [-0.25, -0.2) is 0 Å². The Morgan fingerprint density at radius 3 is 2.67 bits per heavy atom. The Kier molecular flexibility index (Phi) is 5.57. The lowest BCUT2D eigenvalue weighted by molar-refractivity contribution is -0.141. The highest BCUT2D eigenvalue weighted by Gasteiger charge is 2.21. The molecule has 0 radical (unpaired) electrons. The van der Waals surface area contributed by atoms with E-state index in [1.807, 2.05) is 0 Å². The van der Waals surface area contributed by atoms with E-state index in [1.165, 1.54) is 16.7 Å². The molecule has 3 heteroatoms. The number of carboxylic acids is 1. The van der Waals surface area contributed by atoms with Gasteiger partial charge in [-0.2, -0.15) is 0 Å². The Labute approximate surface area is 127 Å². The van der Waals surface area contributed by atoms with Crippen LogP contribution in [0.4, 0.5) is 0 Å². The summed E-state index contributed by atoms with van der Waals surface area (Å²) in [5.74, 6) is -0.867. The molecule has 1 aliphatic rings. The minimum Gasteiger partial charge on any atom is -0.481 e. The van der Waals surface area contributed by atoms with E-state index in [1.54, 1.807) is 0 Å². The molecule has 0 saturated carbocycles. The van der Waals surface area contributed by atoms with Crippen LogP contribution in [-0.4, -0.2) is 29.1 Å². The molecule has 0 bridgehead atoms. The van der Waals surface area contributed by atoms with E-state index in [0.717, 1.165) is 32.5 Å². The molecule has 1 N–H and O–H groups in total. The second-order valence-corrected chi connectivity index (χ2v) is 5.70. The molecular weight excluding hydrogens is 262 g/mol. The molecule has 0 heterocycles. The molecule has 3 nitrogen and oxygen atoms in total.